The zero-order valence-corrected chi connectivity index (χ0v) is 5.16. The first-order chi connectivity index (χ1) is 4.35. The molecule has 0 unspecified atom stereocenters. The molecule has 0 radical (unpaired) electrons. The minimum Gasteiger partial charge on any atom is -0.478 e. The van der Waals surface area contributed by atoms with E-state index in [4.69, 9.17) is 15.2 Å². The molecule has 0 spiro atoms. The van der Waals surface area contributed by atoms with E-state index in [1.54, 1.807) is 13.0 Å². The lowest BCUT2D eigenvalue weighted by molar-refractivity contribution is 0.260. The molecule has 0 aromatic carbocycles. The molecule has 0 saturated carbocycles. The summed E-state index contributed by atoms with van der Waals surface area (Å²) >= 11 is 0. The average Bonchev–Trinajstić information content (AvgIpc) is 1.88. The van der Waals surface area contributed by atoms with Crippen LogP contribution in [0.5, 0.6) is 0 Å². The van der Waals surface area contributed by atoms with Gasteiger partial charge in [0.25, 0.3) is 0 Å². The molecule has 0 heterocycles. The van der Waals surface area contributed by atoms with E-state index in [0.717, 1.165) is 0 Å². The molecule has 0 aliphatic heterocycles. The quantitative estimate of drug-likeness (QED) is 0.258. The second kappa shape index (κ2) is 4.91. The minimum absolute atomic E-state index is 0.0182. The Morgan fingerprint density at radius 2 is 2.56 bits per heavy atom. The van der Waals surface area contributed by atoms with E-state index in [2.05, 4.69) is 5.16 Å². The Morgan fingerprint density at radius 3 is 2.89 bits per heavy atom. The molecule has 0 fully saturated rings. The molecule has 1 N–H and O–H groups in total. The van der Waals surface area contributed by atoms with E-state index >= 15 is 0 Å². The van der Waals surface area contributed by atoms with E-state index < -0.39 is 0 Å². The van der Waals surface area contributed by atoms with Gasteiger partial charge in [0.05, 0.1) is 12.7 Å². The molecule has 4 nitrogen and oxygen atoms in total. The zero-order valence-electron chi connectivity index (χ0n) is 5.16. The topological polar surface area (TPSA) is 65.6 Å². The number of oxime groups is 1. The van der Waals surface area contributed by atoms with Crippen LogP contribution < -0.4 is 0 Å². The number of rotatable bonds is 2. The predicted octanol–water partition coefficient (Wildman–Crippen LogP) is 0.724. The summed E-state index contributed by atoms with van der Waals surface area (Å²) in [5.74, 6) is 0.0694. The van der Waals surface area contributed by atoms with E-state index in [1.807, 2.05) is 0 Å². The summed E-state index contributed by atoms with van der Waals surface area (Å²) in [6.07, 6.45) is 0.0182. The van der Waals surface area contributed by atoms with Gasteiger partial charge in [-0.2, -0.15) is 5.26 Å². The van der Waals surface area contributed by atoms with Crippen LogP contribution in [0.1, 0.15) is 13.3 Å². The van der Waals surface area contributed by atoms with Gasteiger partial charge >= 0.3 is 0 Å². The number of hydrogen-bond acceptors (Lipinski definition) is 4. The van der Waals surface area contributed by atoms with Crippen LogP contribution >= 0.6 is 0 Å². The smallest absolute Gasteiger partial charge is 0.239 e. The summed E-state index contributed by atoms with van der Waals surface area (Å²) in [5, 5.41) is 18.9. The lowest BCUT2D eigenvalue weighted by Crippen LogP contribution is -2.02. The molecular weight excluding hydrogens is 120 g/mol. The number of hydrogen-bond donors (Lipinski definition) is 1. The van der Waals surface area contributed by atoms with E-state index in [0.29, 0.717) is 6.61 Å². The Labute approximate surface area is 53.3 Å². The lowest BCUT2D eigenvalue weighted by atomic mass is 10.5. The summed E-state index contributed by atoms with van der Waals surface area (Å²) in [6.45, 7) is 2.17. The van der Waals surface area contributed by atoms with E-state index in [9.17, 15) is 0 Å². The third-order valence-corrected chi connectivity index (χ3v) is 0.653. The van der Waals surface area contributed by atoms with Crippen LogP contribution in [-0.4, -0.2) is 17.7 Å². The standard InChI is InChI=1S/C5H8N2O2/c1-2-9-5(7-8)3-4-6/h8H,2-3H2,1H3. The van der Waals surface area contributed by atoms with Gasteiger partial charge in [-0.3, -0.25) is 0 Å². The Kier molecular flexibility index (Phi) is 4.23. The van der Waals surface area contributed by atoms with Crippen LogP contribution in [0.4, 0.5) is 0 Å². The Morgan fingerprint density at radius 1 is 1.89 bits per heavy atom. The van der Waals surface area contributed by atoms with Crippen molar-refractivity contribution >= 4 is 5.90 Å². The maximum absolute atomic E-state index is 8.10. The molecule has 9 heavy (non-hydrogen) atoms. The fourth-order valence-electron chi connectivity index (χ4n) is 0.349. The summed E-state index contributed by atoms with van der Waals surface area (Å²) in [4.78, 5) is 0. The first-order valence-corrected chi connectivity index (χ1v) is 2.55. The minimum atomic E-state index is 0.0182. The summed E-state index contributed by atoms with van der Waals surface area (Å²) in [5.41, 5.74) is 0. The average molecular weight is 128 g/mol. The number of ether oxygens (including phenoxy) is 1. The van der Waals surface area contributed by atoms with Crippen molar-refractivity contribution in [2.24, 2.45) is 5.16 Å². The van der Waals surface area contributed by atoms with Crippen molar-refractivity contribution in [3.8, 4) is 6.07 Å². The summed E-state index contributed by atoms with van der Waals surface area (Å²) in [6, 6.07) is 1.79. The Bertz CT molecular complexity index is 136. The highest BCUT2D eigenvalue weighted by molar-refractivity contribution is 5.77. The maximum Gasteiger partial charge on any atom is 0.239 e. The second-order valence-electron chi connectivity index (χ2n) is 1.26. The molecule has 4 heteroatoms. The van der Waals surface area contributed by atoms with E-state index in [-0.39, 0.29) is 12.3 Å². The normalized spacial score (nSPS) is 10.4. The van der Waals surface area contributed by atoms with Crippen LogP contribution in [0.15, 0.2) is 5.16 Å². The van der Waals surface area contributed by atoms with Crippen LogP contribution in [-0.2, 0) is 4.74 Å². The van der Waals surface area contributed by atoms with Gasteiger partial charge in [-0.05, 0) is 6.92 Å². The van der Waals surface area contributed by atoms with Gasteiger partial charge in [0.15, 0.2) is 0 Å². The Hall–Kier alpha value is -1.24. The molecule has 0 rings (SSSR count). The monoisotopic (exact) mass is 128 g/mol. The molecule has 0 bridgehead atoms. The third kappa shape index (κ3) is 3.35. The van der Waals surface area contributed by atoms with Gasteiger partial charge in [-0.1, -0.05) is 5.16 Å². The first-order valence-electron chi connectivity index (χ1n) is 2.55. The molecule has 0 aromatic rings. The van der Waals surface area contributed by atoms with Gasteiger partial charge in [0.1, 0.15) is 6.42 Å². The van der Waals surface area contributed by atoms with Crippen molar-refractivity contribution in [3.05, 3.63) is 0 Å². The van der Waals surface area contributed by atoms with Gasteiger partial charge in [0.2, 0.25) is 5.90 Å². The van der Waals surface area contributed by atoms with Crippen LogP contribution in [0, 0.1) is 11.3 Å². The van der Waals surface area contributed by atoms with Crippen LogP contribution in [0.3, 0.4) is 0 Å². The van der Waals surface area contributed by atoms with E-state index in [1.165, 1.54) is 0 Å². The largest absolute Gasteiger partial charge is 0.478 e. The SMILES string of the molecule is CCOC(CC#N)=NO. The lowest BCUT2D eigenvalue weighted by Gasteiger charge is -1.97. The molecular formula is C5H8N2O2. The molecule has 0 aliphatic rings. The fraction of sp³-hybridized carbons (Fsp3) is 0.600. The van der Waals surface area contributed by atoms with Crippen molar-refractivity contribution in [2.45, 2.75) is 13.3 Å². The van der Waals surface area contributed by atoms with Gasteiger partial charge < -0.3 is 9.94 Å². The molecule has 0 atom stereocenters. The van der Waals surface area contributed by atoms with Crippen molar-refractivity contribution in [1.29, 1.82) is 5.26 Å². The fourth-order valence-corrected chi connectivity index (χ4v) is 0.349. The summed E-state index contributed by atoms with van der Waals surface area (Å²) in [7, 11) is 0. The Balaban J connectivity index is 3.59. The van der Waals surface area contributed by atoms with Crippen LogP contribution in [0.2, 0.25) is 0 Å². The molecule has 0 aliphatic carbocycles. The molecule has 0 amide bonds. The molecule has 50 valence electrons. The van der Waals surface area contributed by atoms with Crippen molar-refractivity contribution in [3.63, 3.8) is 0 Å². The van der Waals surface area contributed by atoms with Crippen molar-refractivity contribution in [1.82, 2.24) is 0 Å². The predicted molar refractivity (Wildman–Crippen MR) is 31.1 cm³/mol. The van der Waals surface area contributed by atoms with Crippen molar-refractivity contribution in [2.75, 3.05) is 6.61 Å². The number of nitrogens with zero attached hydrogens (tertiary/aromatic N) is 2. The highest BCUT2D eigenvalue weighted by Crippen LogP contribution is 1.85. The highest BCUT2D eigenvalue weighted by Gasteiger charge is 1.95. The second-order valence-corrected chi connectivity index (χ2v) is 1.26. The van der Waals surface area contributed by atoms with Crippen molar-refractivity contribution < 1.29 is 9.94 Å². The first kappa shape index (κ1) is 7.76. The van der Waals surface area contributed by atoms with Gasteiger partial charge in [0, 0.05) is 0 Å². The van der Waals surface area contributed by atoms with Gasteiger partial charge in [-0.15, -0.1) is 0 Å². The van der Waals surface area contributed by atoms with Gasteiger partial charge in [-0.25, -0.2) is 0 Å². The zero-order chi connectivity index (χ0) is 7.11. The molecule has 0 saturated heterocycles. The third-order valence-electron chi connectivity index (χ3n) is 0.653. The highest BCUT2D eigenvalue weighted by atomic mass is 16.5. The molecule has 0 aromatic heterocycles. The number of nitriles is 1. The van der Waals surface area contributed by atoms with Crippen LogP contribution in [0.25, 0.3) is 0 Å². The maximum atomic E-state index is 8.10. The summed E-state index contributed by atoms with van der Waals surface area (Å²) < 4.78 is 4.71.